The first-order valence-electron chi connectivity index (χ1n) is 7.71. The van der Waals surface area contributed by atoms with Gasteiger partial charge in [0.1, 0.15) is 5.82 Å². The van der Waals surface area contributed by atoms with E-state index in [0.717, 1.165) is 5.69 Å². The van der Waals surface area contributed by atoms with E-state index in [1.165, 1.54) is 12.1 Å². The lowest BCUT2D eigenvalue weighted by Gasteiger charge is -2.34. The fourth-order valence-corrected chi connectivity index (χ4v) is 2.72. The van der Waals surface area contributed by atoms with Crippen molar-refractivity contribution in [2.24, 2.45) is 0 Å². The van der Waals surface area contributed by atoms with Gasteiger partial charge in [-0.1, -0.05) is 5.92 Å². The zero-order valence-corrected chi connectivity index (χ0v) is 13.2. The molecule has 1 atom stereocenters. The van der Waals surface area contributed by atoms with Gasteiger partial charge in [-0.15, -0.1) is 6.42 Å². The van der Waals surface area contributed by atoms with E-state index in [4.69, 9.17) is 6.42 Å². The van der Waals surface area contributed by atoms with Crippen LogP contribution in [0.15, 0.2) is 18.2 Å². The highest BCUT2D eigenvalue weighted by Gasteiger charge is 2.22. The van der Waals surface area contributed by atoms with Crippen LogP contribution >= 0.6 is 0 Å². The molecule has 1 aromatic rings. The molecule has 1 unspecified atom stereocenters. The summed E-state index contributed by atoms with van der Waals surface area (Å²) in [6.45, 7) is 3.34. The van der Waals surface area contributed by atoms with E-state index in [1.807, 2.05) is 0 Å². The average Bonchev–Trinajstić information content (AvgIpc) is 2.53. The van der Waals surface area contributed by atoms with Crippen molar-refractivity contribution in [2.75, 3.05) is 24.5 Å². The number of anilines is 1. The summed E-state index contributed by atoms with van der Waals surface area (Å²) in [5.74, 6) is 1.98. The summed E-state index contributed by atoms with van der Waals surface area (Å²) in [4.78, 5) is 13.9. The van der Waals surface area contributed by atoms with Crippen LogP contribution in [0.25, 0.3) is 0 Å². The van der Waals surface area contributed by atoms with Crippen LogP contribution in [0.5, 0.6) is 0 Å². The number of terminal acetylenes is 1. The summed E-state index contributed by atoms with van der Waals surface area (Å²) < 4.78 is 13.7. The molecule has 23 heavy (non-hydrogen) atoms. The van der Waals surface area contributed by atoms with Crippen LogP contribution < -0.4 is 15.5 Å². The van der Waals surface area contributed by atoms with Crippen molar-refractivity contribution in [3.05, 3.63) is 29.6 Å². The molecule has 1 saturated heterocycles. The molecule has 2 amide bonds. The number of amides is 2. The Bertz CT molecular complexity index is 592. The molecule has 124 valence electrons. The second-order valence-electron chi connectivity index (χ2n) is 5.67. The molecular formula is C17H22FN3O2. The predicted molar refractivity (Wildman–Crippen MR) is 87.6 cm³/mol. The second kappa shape index (κ2) is 7.84. The Morgan fingerprint density at radius 2 is 2.22 bits per heavy atom. The minimum Gasteiger partial charge on any atom is -0.393 e. The van der Waals surface area contributed by atoms with Gasteiger partial charge in [-0.2, -0.15) is 0 Å². The number of nitrogens with one attached hydrogen (secondary N) is 2. The molecule has 1 fully saturated rings. The highest BCUT2D eigenvalue weighted by Crippen LogP contribution is 2.29. The van der Waals surface area contributed by atoms with Gasteiger partial charge < -0.3 is 20.6 Å². The normalized spacial score (nSPS) is 16.5. The molecule has 0 spiro atoms. The highest BCUT2D eigenvalue weighted by atomic mass is 19.1. The molecule has 0 saturated carbocycles. The van der Waals surface area contributed by atoms with E-state index in [2.05, 4.69) is 21.5 Å². The van der Waals surface area contributed by atoms with Gasteiger partial charge in [0.25, 0.3) is 0 Å². The minimum absolute atomic E-state index is 0.137. The van der Waals surface area contributed by atoms with Crippen molar-refractivity contribution in [2.45, 2.75) is 31.9 Å². The van der Waals surface area contributed by atoms with Gasteiger partial charge in [-0.25, -0.2) is 9.18 Å². The second-order valence-corrected chi connectivity index (χ2v) is 5.67. The third-order valence-electron chi connectivity index (χ3n) is 3.96. The predicted octanol–water partition coefficient (Wildman–Crippen LogP) is 1.78. The van der Waals surface area contributed by atoms with Crippen LogP contribution in [0.3, 0.4) is 0 Å². The molecule has 3 N–H and O–H groups in total. The maximum Gasteiger partial charge on any atom is 0.316 e. The number of hydrogen-bond donors (Lipinski definition) is 3. The van der Waals surface area contributed by atoms with Crippen LogP contribution in [-0.4, -0.2) is 36.9 Å². The molecule has 5 nitrogen and oxygen atoms in total. The maximum atomic E-state index is 13.7. The fraction of sp³-hybridized carbons (Fsp3) is 0.471. The Balaban J connectivity index is 2.15. The lowest BCUT2D eigenvalue weighted by Crippen LogP contribution is -2.39. The Hall–Kier alpha value is -2.26. The zero-order valence-electron chi connectivity index (χ0n) is 13.2. The lowest BCUT2D eigenvalue weighted by atomic mass is 10.0. The fourth-order valence-electron chi connectivity index (χ4n) is 2.72. The highest BCUT2D eigenvalue weighted by molar-refractivity contribution is 5.75. The van der Waals surface area contributed by atoms with Gasteiger partial charge in [-0.05, 0) is 38.0 Å². The smallest absolute Gasteiger partial charge is 0.316 e. The average molecular weight is 319 g/mol. The van der Waals surface area contributed by atoms with Crippen molar-refractivity contribution >= 4 is 11.7 Å². The van der Waals surface area contributed by atoms with Crippen molar-refractivity contribution in [3.8, 4) is 12.3 Å². The van der Waals surface area contributed by atoms with Gasteiger partial charge >= 0.3 is 6.03 Å². The van der Waals surface area contributed by atoms with Crippen LogP contribution in [0.1, 0.15) is 31.4 Å². The third-order valence-corrected chi connectivity index (χ3v) is 3.96. The number of halogens is 1. The number of hydrogen-bond acceptors (Lipinski definition) is 3. The van der Waals surface area contributed by atoms with Gasteiger partial charge in [0.2, 0.25) is 0 Å². The van der Waals surface area contributed by atoms with E-state index in [-0.39, 0.29) is 30.5 Å². The standard InChI is InChI=1S/C17H22FN3O2/c1-3-8-19-17(23)20-12(2)15-11-13(18)4-5-16(15)21-9-6-14(22)7-10-21/h1,4-5,11-12,14,22H,6-10H2,2H3,(H2,19,20,23). The minimum atomic E-state index is -0.389. The third kappa shape index (κ3) is 4.60. The largest absolute Gasteiger partial charge is 0.393 e. The number of carbonyl (C=O) groups excluding carboxylic acids is 1. The van der Waals surface area contributed by atoms with E-state index in [9.17, 15) is 14.3 Å². The first kappa shape index (κ1) is 17.1. The van der Waals surface area contributed by atoms with Crippen molar-refractivity contribution in [3.63, 3.8) is 0 Å². The topological polar surface area (TPSA) is 64.6 Å². The van der Waals surface area contributed by atoms with E-state index >= 15 is 0 Å². The number of rotatable bonds is 4. The Morgan fingerprint density at radius 1 is 1.52 bits per heavy atom. The van der Waals surface area contributed by atoms with Crippen LogP contribution in [0, 0.1) is 18.2 Å². The summed E-state index contributed by atoms with van der Waals surface area (Å²) in [5, 5.41) is 14.9. The number of carbonyl (C=O) groups is 1. The quantitative estimate of drug-likeness (QED) is 0.741. The molecule has 0 radical (unpaired) electrons. The van der Waals surface area contributed by atoms with Crippen LogP contribution in [0.2, 0.25) is 0 Å². The molecule has 1 aliphatic heterocycles. The summed E-state index contributed by atoms with van der Waals surface area (Å²) >= 11 is 0. The Labute approximate surface area is 135 Å². The SMILES string of the molecule is C#CCNC(=O)NC(C)c1cc(F)ccc1N1CCC(O)CC1. The first-order chi connectivity index (χ1) is 11.0. The number of nitrogens with zero attached hydrogens (tertiary/aromatic N) is 1. The van der Waals surface area contributed by atoms with Crippen molar-refractivity contribution in [1.29, 1.82) is 0 Å². The molecule has 0 aliphatic carbocycles. The zero-order chi connectivity index (χ0) is 16.8. The summed E-state index contributed by atoms with van der Waals surface area (Å²) in [6, 6.07) is 3.81. The number of benzene rings is 1. The number of aliphatic hydroxyl groups excluding tert-OH is 1. The number of urea groups is 1. The van der Waals surface area contributed by atoms with E-state index in [0.29, 0.717) is 31.5 Å². The van der Waals surface area contributed by atoms with E-state index in [1.54, 1.807) is 13.0 Å². The Morgan fingerprint density at radius 3 is 2.87 bits per heavy atom. The molecular weight excluding hydrogens is 297 g/mol. The molecule has 0 bridgehead atoms. The van der Waals surface area contributed by atoms with Gasteiger partial charge in [0.05, 0.1) is 18.7 Å². The number of piperidine rings is 1. The van der Waals surface area contributed by atoms with Gasteiger partial charge in [0.15, 0.2) is 0 Å². The monoisotopic (exact) mass is 319 g/mol. The lowest BCUT2D eigenvalue weighted by molar-refractivity contribution is 0.145. The summed E-state index contributed by atoms with van der Waals surface area (Å²) in [5.41, 5.74) is 1.58. The molecule has 6 heteroatoms. The molecule has 1 heterocycles. The van der Waals surface area contributed by atoms with Crippen molar-refractivity contribution < 1.29 is 14.3 Å². The summed E-state index contributed by atoms with van der Waals surface area (Å²) in [6.07, 6.45) is 6.19. The molecule has 1 aromatic carbocycles. The van der Waals surface area contributed by atoms with Gasteiger partial charge in [0, 0.05) is 24.3 Å². The van der Waals surface area contributed by atoms with Crippen LogP contribution in [0.4, 0.5) is 14.9 Å². The number of aliphatic hydroxyl groups is 1. The summed E-state index contributed by atoms with van der Waals surface area (Å²) in [7, 11) is 0. The first-order valence-corrected chi connectivity index (χ1v) is 7.71. The molecule has 1 aliphatic rings. The van der Waals surface area contributed by atoms with Crippen molar-refractivity contribution in [1.82, 2.24) is 10.6 Å². The Kier molecular flexibility index (Phi) is 5.83. The van der Waals surface area contributed by atoms with Crippen LogP contribution in [-0.2, 0) is 0 Å². The molecule has 0 aromatic heterocycles. The molecule has 2 rings (SSSR count). The van der Waals surface area contributed by atoms with Gasteiger partial charge in [-0.3, -0.25) is 0 Å². The van der Waals surface area contributed by atoms with E-state index < -0.39 is 0 Å². The maximum absolute atomic E-state index is 13.7.